The van der Waals surface area contributed by atoms with Crippen molar-refractivity contribution in [3.63, 3.8) is 0 Å². The summed E-state index contributed by atoms with van der Waals surface area (Å²) < 4.78 is 13.2. The first kappa shape index (κ1) is 6.73. The molecule has 54 valence electrons. The van der Waals surface area contributed by atoms with E-state index in [1.54, 1.807) is 0 Å². The smallest absolute Gasteiger partial charge is 0.284 e. The zero-order valence-corrected chi connectivity index (χ0v) is 5.34. The van der Waals surface area contributed by atoms with Gasteiger partial charge in [-0.2, -0.15) is 0 Å². The van der Waals surface area contributed by atoms with Gasteiger partial charge < -0.3 is 0 Å². The van der Waals surface area contributed by atoms with Crippen molar-refractivity contribution in [2.24, 2.45) is 7.05 Å². The maximum Gasteiger partial charge on any atom is 0.357 e. The maximum absolute atomic E-state index is 12.3. The number of hydrogen-bond acceptors (Lipinski definition) is 2. The lowest BCUT2D eigenvalue weighted by molar-refractivity contribution is 0.331. The van der Waals surface area contributed by atoms with Gasteiger partial charge in [0, 0.05) is 13.2 Å². The minimum atomic E-state index is -0.840. The standard InChI is InChI=1S/C5H6FN3O/c1-8-4(7)2-3-9(6)5(8)10/h2-3,7H,1H3. The van der Waals surface area contributed by atoms with Gasteiger partial charge in [0.05, 0.1) is 0 Å². The molecule has 1 rings (SSSR count). The zero-order valence-electron chi connectivity index (χ0n) is 5.34. The van der Waals surface area contributed by atoms with Crippen molar-refractivity contribution in [3.8, 4) is 0 Å². The molecular formula is C5H6FN3O. The molecule has 0 aliphatic heterocycles. The summed E-state index contributed by atoms with van der Waals surface area (Å²) >= 11 is 0. The molecule has 0 unspecified atom stereocenters. The first-order valence-corrected chi connectivity index (χ1v) is 2.62. The third kappa shape index (κ3) is 0.854. The van der Waals surface area contributed by atoms with Gasteiger partial charge in [0.15, 0.2) is 0 Å². The fraction of sp³-hybridized carbons (Fsp3) is 0.200. The maximum atomic E-state index is 12.3. The monoisotopic (exact) mass is 143 g/mol. The first-order chi connectivity index (χ1) is 4.63. The summed E-state index contributed by atoms with van der Waals surface area (Å²) in [5, 5.41) is 7.04. The van der Waals surface area contributed by atoms with Crippen LogP contribution in [0.15, 0.2) is 17.1 Å². The van der Waals surface area contributed by atoms with Gasteiger partial charge in [-0.1, -0.05) is 4.48 Å². The highest BCUT2D eigenvalue weighted by atomic mass is 19.2. The number of halogens is 1. The molecule has 0 aliphatic carbocycles. The second-order valence-corrected chi connectivity index (χ2v) is 1.85. The Morgan fingerprint density at radius 3 is 2.80 bits per heavy atom. The molecule has 0 bridgehead atoms. The summed E-state index contributed by atoms with van der Waals surface area (Å²) in [5.41, 5.74) is -0.855. The Bertz CT molecular complexity index is 351. The minimum absolute atomic E-state index is 0.0149. The van der Waals surface area contributed by atoms with Crippen LogP contribution in [0, 0.1) is 5.41 Å². The highest BCUT2D eigenvalue weighted by Gasteiger charge is 1.94. The molecule has 0 spiro atoms. The van der Waals surface area contributed by atoms with Gasteiger partial charge in [-0.05, 0) is 6.07 Å². The molecule has 10 heavy (non-hydrogen) atoms. The van der Waals surface area contributed by atoms with E-state index < -0.39 is 5.69 Å². The second kappa shape index (κ2) is 2.09. The van der Waals surface area contributed by atoms with Gasteiger partial charge >= 0.3 is 5.69 Å². The van der Waals surface area contributed by atoms with Crippen molar-refractivity contribution in [1.29, 1.82) is 5.41 Å². The Kier molecular flexibility index (Phi) is 1.41. The molecular weight excluding hydrogens is 137 g/mol. The van der Waals surface area contributed by atoms with Crippen LogP contribution in [0.1, 0.15) is 0 Å². The first-order valence-electron chi connectivity index (χ1n) is 2.62. The quantitative estimate of drug-likeness (QED) is 0.518. The molecule has 1 aromatic rings. The van der Waals surface area contributed by atoms with E-state index in [0.29, 0.717) is 0 Å². The van der Waals surface area contributed by atoms with Gasteiger partial charge in [-0.15, -0.1) is 4.79 Å². The average molecular weight is 143 g/mol. The van der Waals surface area contributed by atoms with Gasteiger partial charge in [0.1, 0.15) is 5.49 Å². The number of nitrogens with one attached hydrogen (secondary N) is 1. The summed E-state index contributed by atoms with van der Waals surface area (Å²) in [4.78, 5) is 10.5. The van der Waals surface area contributed by atoms with Crippen LogP contribution in [0.5, 0.6) is 0 Å². The predicted octanol–water partition coefficient (Wildman–Crippen LogP) is -0.601. The van der Waals surface area contributed by atoms with Crippen molar-refractivity contribution in [2.75, 3.05) is 0 Å². The molecule has 0 radical (unpaired) electrons. The normalized spacial score (nSPS) is 9.80. The van der Waals surface area contributed by atoms with Crippen LogP contribution in [-0.2, 0) is 7.05 Å². The number of nitrogens with zero attached hydrogens (tertiary/aromatic N) is 2. The Balaban J connectivity index is 3.66. The molecule has 1 N–H and O–H groups in total. The number of aromatic nitrogens is 2. The van der Waals surface area contributed by atoms with Crippen molar-refractivity contribution >= 4 is 0 Å². The van der Waals surface area contributed by atoms with E-state index in [1.807, 2.05) is 0 Å². The topological polar surface area (TPSA) is 50.8 Å². The lowest BCUT2D eigenvalue weighted by atomic mass is 10.6. The molecule has 1 aromatic heterocycles. The lowest BCUT2D eigenvalue weighted by Crippen LogP contribution is -2.34. The molecule has 0 amide bonds. The van der Waals surface area contributed by atoms with E-state index in [0.717, 1.165) is 10.8 Å². The van der Waals surface area contributed by atoms with E-state index in [9.17, 15) is 9.28 Å². The lowest BCUT2D eigenvalue weighted by Gasteiger charge is -1.95. The number of hydrogen-bond donors (Lipinski definition) is 1. The largest absolute Gasteiger partial charge is 0.357 e. The zero-order chi connectivity index (χ0) is 7.72. The van der Waals surface area contributed by atoms with Crippen LogP contribution in [0.4, 0.5) is 4.48 Å². The van der Waals surface area contributed by atoms with Gasteiger partial charge in [-0.3, -0.25) is 9.98 Å². The molecule has 0 atom stereocenters. The fourth-order valence-corrected chi connectivity index (χ4v) is 0.558. The highest BCUT2D eigenvalue weighted by molar-refractivity contribution is 4.79. The van der Waals surface area contributed by atoms with E-state index in [-0.39, 0.29) is 10.3 Å². The van der Waals surface area contributed by atoms with Crippen molar-refractivity contribution < 1.29 is 4.48 Å². The van der Waals surface area contributed by atoms with E-state index >= 15 is 0 Å². The van der Waals surface area contributed by atoms with Crippen LogP contribution < -0.4 is 11.2 Å². The average Bonchev–Trinajstić information content (AvgIpc) is 1.93. The Labute approximate surface area is 55.6 Å². The van der Waals surface area contributed by atoms with Crippen molar-refractivity contribution in [2.45, 2.75) is 0 Å². The Morgan fingerprint density at radius 1 is 1.70 bits per heavy atom. The summed E-state index contributed by atoms with van der Waals surface area (Å²) in [5.74, 6) is 0. The van der Waals surface area contributed by atoms with E-state index in [1.165, 1.54) is 13.1 Å². The molecule has 0 aliphatic rings. The second-order valence-electron chi connectivity index (χ2n) is 1.85. The SMILES string of the molecule is Cn1c(=N)ccn(F)c1=O. The van der Waals surface area contributed by atoms with Gasteiger partial charge in [0.25, 0.3) is 0 Å². The molecule has 0 saturated carbocycles. The van der Waals surface area contributed by atoms with Crippen LogP contribution in [0.2, 0.25) is 0 Å². The van der Waals surface area contributed by atoms with E-state index in [2.05, 4.69) is 0 Å². The summed E-state index contributed by atoms with van der Waals surface area (Å²) in [6.45, 7) is 0. The van der Waals surface area contributed by atoms with Gasteiger partial charge in [-0.25, -0.2) is 4.79 Å². The van der Waals surface area contributed by atoms with Gasteiger partial charge in [0.2, 0.25) is 0 Å². The third-order valence-corrected chi connectivity index (χ3v) is 1.19. The molecule has 4 nitrogen and oxygen atoms in total. The minimum Gasteiger partial charge on any atom is -0.284 e. The van der Waals surface area contributed by atoms with Crippen molar-refractivity contribution in [1.82, 2.24) is 9.36 Å². The highest BCUT2D eigenvalue weighted by Crippen LogP contribution is 1.71. The summed E-state index contributed by atoms with van der Waals surface area (Å²) in [6.07, 6.45) is 0.907. The van der Waals surface area contributed by atoms with Crippen LogP contribution >= 0.6 is 0 Å². The van der Waals surface area contributed by atoms with Crippen LogP contribution in [0.25, 0.3) is 0 Å². The summed E-state index contributed by atoms with van der Waals surface area (Å²) in [7, 11) is 1.33. The van der Waals surface area contributed by atoms with Crippen molar-refractivity contribution in [3.05, 3.63) is 28.2 Å². The summed E-state index contributed by atoms with van der Waals surface area (Å²) in [6, 6.07) is 1.20. The molecule has 0 aromatic carbocycles. The van der Waals surface area contributed by atoms with Crippen LogP contribution in [0.3, 0.4) is 0 Å². The van der Waals surface area contributed by atoms with Crippen LogP contribution in [-0.4, -0.2) is 9.36 Å². The molecule has 0 saturated heterocycles. The Hall–Kier alpha value is -1.39. The Morgan fingerprint density at radius 2 is 2.30 bits per heavy atom. The molecule has 0 fully saturated rings. The van der Waals surface area contributed by atoms with E-state index in [4.69, 9.17) is 5.41 Å². The number of rotatable bonds is 0. The fourth-order valence-electron chi connectivity index (χ4n) is 0.558. The third-order valence-electron chi connectivity index (χ3n) is 1.19. The molecule has 5 heteroatoms. The molecule has 1 heterocycles. The predicted molar refractivity (Wildman–Crippen MR) is 32.0 cm³/mol.